The zero-order chi connectivity index (χ0) is 15.6. The van der Waals surface area contributed by atoms with Crippen LogP contribution in [0.5, 0.6) is 11.5 Å². The average Bonchev–Trinajstić information content (AvgIpc) is 2.40. The second-order valence-electron chi connectivity index (χ2n) is 4.44. The largest absolute Gasteiger partial charge is 0.450 e. The molecule has 2 aromatic carbocycles. The monoisotopic (exact) mass is 310 g/mol. The molecule has 0 spiro atoms. The second-order valence-corrected chi connectivity index (χ2v) is 4.85. The molecule has 0 amide bonds. The minimum atomic E-state index is -0.712. The molecule has 2 rings (SSSR count). The smallest absolute Gasteiger partial charge is 0.314 e. The second kappa shape index (κ2) is 6.07. The van der Waals surface area contributed by atoms with Crippen LogP contribution < -0.4 is 10.5 Å². The van der Waals surface area contributed by atoms with Gasteiger partial charge in [0.2, 0.25) is 5.75 Å². The lowest BCUT2D eigenvalue weighted by molar-refractivity contribution is -0.385. The van der Waals surface area contributed by atoms with Crippen LogP contribution in [0.4, 0.5) is 10.1 Å². The van der Waals surface area contributed by atoms with Gasteiger partial charge in [-0.2, -0.15) is 0 Å². The van der Waals surface area contributed by atoms with Gasteiger partial charge in [-0.05, 0) is 36.8 Å². The summed E-state index contributed by atoms with van der Waals surface area (Å²) in [5.41, 5.74) is 6.02. The fraction of sp³-hybridized carbons (Fsp3) is 0.143. The van der Waals surface area contributed by atoms with E-state index in [0.29, 0.717) is 10.8 Å². The lowest BCUT2D eigenvalue weighted by atomic mass is 10.1. The van der Waals surface area contributed by atoms with Crippen molar-refractivity contribution in [3.05, 3.63) is 62.9 Å². The van der Waals surface area contributed by atoms with Gasteiger partial charge in [0, 0.05) is 11.1 Å². The highest BCUT2D eigenvalue weighted by atomic mass is 35.5. The van der Waals surface area contributed by atoms with Crippen molar-refractivity contribution in [1.29, 1.82) is 0 Å². The molecule has 2 aromatic rings. The molecule has 0 fully saturated rings. The lowest BCUT2D eigenvalue weighted by Gasteiger charge is -2.11. The van der Waals surface area contributed by atoms with Crippen LogP contribution in [0, 0.1) is 15.9 Å². The molecular weight excluding hydrogens is 299 g/mol. The molecule has 5 nitrogen and oxygen atoms in total. The Bertz CT molecular complexity index is 692. The Hall–Kier alpha value is -2.18. The van der Waals surface area contributed by atoms with Gasteiger partial charge in [-0.1, -0.05) is 17.7 Å². The van der Waals surface area contributed by atoms with E-state index >= 15 is 0 Å². The molecule has 0 aliphatic rings. The van der Waals surface area contributed by atoms with Gasteiger partial charge in [0.05, 0.1) is 11.0 Å². The maximum Gasteiger partial charge on any atom is 0.314 e. The Morgan fingerprint density at radius 3 is 2.62 bits per heavy atom. The molecule has 1 unspecified atom stereocenters. The van der Waals surface area contributed by atoms with E-state index in [-0.39, 0.29) is 11.8 Å². The van der Waals surface area contributed by atoms with Gasteiger partial charge < -0.3 is 10.5 Å². The summed E-state index contributed by atoms with van der Waals surface area (Å²) in [5.74, 6) is -0.468. The maximum atomic E-state index is 13.1. The zero-order valence-corrected chi connectivity index (χ0v) is 11.8. The molecule has 0 radical (unpaired) electrons. The predicted octanol–water partition coefficient (Wildman–Crippen LogP) is 4.20. The van der Waals surface area contributed by atoms with Crippen LogP contribution in [0.1, 0.15) is 18.5 Å². The molecule has 0 aliphatic carbocycles. The number of nitro groups is 1. The Labute approximate surface area is 125 Å². The van der Waals surface area contributed by atoms with E-state index in [1.807, 2.05) is 0 Å². The van der Waals surface area contributed by atoms with E-state index in [1.54, 1.807) is 19.1 Å². The minimum Gasteiger partial charge on any atom is -0.450 e. The van der Waals surface area contributed by atoms with Crippen molar-refractivity contribution in [3.8, 4) is 11.5 Å². The molecule has 0 aliphatic heterocycles. The first-order chi connectivity index (χ1) is 9.88. The predicted molar refractivity (Wildman–Crippen MR) is 77.2 cm³/mol. The van der Waals surface area contributed by atoms with Crippen LogP contribution in [-0.4, -0.2) is 4.92 Å². The van der Waals surface area contributed by atoms with Crippen molar-refractivity contribution in [2.75, 3.05) is 0 Å². The van der Waals surface area contributed by atoms with Crippen LogP contribution in [0.2, 0.25) is 5.02 Å². The Kier molecular flexibility index (Phi) is 4.40. The average molecular weight is 311 g/mol. The number of hydrogen-bond acceptors (Lipinski definition) is 4. The number of nitro benzene ring substituents is 1. The lowest BCUT2D eigenvalue weighted by Crippen LogP contribution is -2.05. The SMILES string of the molecule is CC(N)c1ccc(Oc2ccc(F)cc2[N+](=O)[O-])cc1Cl. The summed E-state index contributed by atoms with van der Waals surface area (Å²) in [4.78, 5) is 10.2. The fourth-order valence-corrected chi connectivity index (χ4v) is 2.13. The number of ether oxygens (including phenoxy) is 1. The van der Waals surface area contributed by atoms with Crippen molar-refractivity contribution >= 4 is 17.3 Å². The molecular formula is C14H12ClFN2O3. The number of rotatable bonds is 4. The molecule has 0 aromatic heterocycles. The van der Waals surface area contributed by atoms with Gasteiger partial charge in [-0.25, -0.2) is 4.39 Å². The van der Waals surface area contributed by atoms with E-state index in [9.17, 15) is 14.5 Å². The topological polar surface area (TPSA) is 78.4 Å². The van der Waals surface area contributed by atoms with Gasteiger partial charge in [-0.3, -0.25) is 10.1 Å². The van der Waals surface area contributed by atoms with Crippen LogP contribution in [-0.2, 0) is 0 Å². The highest BCUT2D eigenvalue weighted by Crippen LogP contribution is 2.34. The number of halogens is 2. The number of nitrogens with zero attached hydrogens (tertiary/aromatic N) is 1. The summed E-state index contributed by atoms with van der Waals surface area (Å²) in [7, 11) is 0. The third kappa shape index (κ3) is 3.48. The third-order valence-electron chi connectivity index (χ3n) is 2.81. The first-order valence-electron chi connectivity index (χ1n) is 6.05. The minimum absolute atomic E-state index is 0.0639. The summed E-state index contributed by atoms with van der Waals surface area (Å²) in [5, 5.41) is 11.3. The van der Waals surface area contributed by atoms with Crippen LogP contribution in [0.15, 0.2) is 36.4 Å². The van der Waals surface area contributed by atoms with Gasteiger partial charge in [-0.15, -0.1) is 0 Å². The maximum absolute atomic E-state index is 13.1. The summed E-state index contributed by atoms with van der Waals surface area (Å²) < 4.78 is 18.5. The van der Waals surface area contributed by atoms with E-state index in [2.05, 4.69) is 0 Å². The standard InChI is InChI=1S/C14H12ClFN2O3/c1-8(17)11-4-3-10(7-12(11)15)21-14-5-2-9(16)6-13(14)18(19)20/h2-8H,17H2,1H3. The third-order valence-corrected chi connectivity index (χ3v) is 3.14. The zero-order valence-electron chi connectivity index (χ0n) is 11.0. The molecule has 2 N–H and O–H groups in total. The van der Waals surface area contributed by atoms with Crippen molar-refractivity contribution in [1.82, 2.24) is 0 Å². The molecule has 1 atom stereocenters. The van der Waals surface area contributed by atoms with E-state index < -0.39 is 16.4 Å². The Balaban J connectivity index is 2.35. The van der Waals surface area contributed by atoms with Crippen molar-refractivity contribution < 1.29 is 14.1 Å². The summed E-state index contributed by atoms with van der Waals surface area (Å²) in [6.07, 6.45) is 0. The molecule has 0 saturated carbocycles. The number of nitrogens with two attached hydrogens (primary N) is 1. The first-order valence-corrected chi connectivity index (χ1v) is 6.43. The quantitative estimate of drug-likeness (QED) is 0.678. The summed E-state index contributed by atoms with van der Waals surface area (Å²) >= 11 is 6.06. The molecule has 7 heteroatoms. The Morgan fingerprint density at radius 1 is 1.33 bits per heavy atom. The summed E-state index contributed by atoms with van der Waals surface area (Å²) in [6, 6.07) is 7.61. The van der Waals surface area contributed by atoms with Crippen molar-refractivity contribution in [2.24, 2.45) is 5.73 Å². The fourth-order valence-electron chi connectivity index (χ4n) is 1.79. The van der Waals surface area contributed by atoms with Crippen LogP contribution in [0.3, 0.4) is 0 Å². The molecule has 0 bridgehead atoms. The highest BCUT2D eigenvalue weighted by Gasteiger charge is 2.17. The van der Waals surface area contributed by atoms with Gasteiger partial charge in [0.15, 0.2) is 0 Å². The van der Waals surface area contributed by atoms with E-state index in [0.717, 1.165) is 17.7 Å². The normalized spacial score (nSPS) is 12.0. The van der Waals surface area contributed by atoms with Gasteiger partial charge in [0.25, 0.3) is 0 Å². The van der Waals surface area contributed by atoms with Crippen LogP contribution >= 0.6 is 11.6 Å². The van der Waals surface area contributed by atoms with E-state index in [1.165, 1.54) is 12.1 Å². The number of benzene rings is 2. The highest BCUT2D eigenvalue weighted by molar-refractivity contribution is 6.31. The van der Waals surface area contributed by atoms with Crippen LogP contribution in [0.25, 0.3) is 0 Å². The molecule has 110 valence electrons. The Morgan fingerprint density at radius 2 is 2.05 bits per heavy atom. The molecule has 0 saturated heterocycles. The summed E-state index contributed by atoms with van der Waals surface area (Å²) in [6.45, 7) is 1.78. The van der Waals surface area contributed by atoms with E-state index in [4.69, 9.17) is 22.1 Å². The van der Waals surface area contributed by atoms with Gasteiger partial charge >= 0.3 is 5.69 Å². The molecule has 21 heavy (non-hydrogen) atoms. The first kappa shape index (κ1) is 15.2. The molecule has 0 heterocycles. The van der Waals surface area contributed by atoms with Gasteiger partial charge in [0.1, 0.15) is 11.6 Å². The van der Waals surface area contributed by atoms with Crippen molar-refractivity contribution in [3.63, 3.8) is 0 Å². The number of hydrogen-bond donors (Lipinski definition) is 1. The van der Waals surface area contributed by atoms with Crippen molar-refractivity contribution in [2.45, 2.75) is 13.0 Å².